The molecule has 1 aromatic heterocycles. The van der Waals surface area contributed by atoms with Crippen LogP contribution in [0.25, 0.3) is 0 Å². The van der Waals surface area contributed by atoms with Crippen molar-refractivity contribution in [1.82, 2.24) is 4.57 Å². The number of imidazole rings is 1. The Morgan fingerprint density at radius 2 is 1.90 bits per heavy atom. The van der Waals surface area contributed by atoms with Crippen molar-refractivity contribution in [3.63, 3.8) is 0 Å². The van der Waals surface area contributed by atoms with Gasteiger partial charge in [0.2, 0.25) is 6.33 Å². The average molecular weight is 293 g/mol. The molecule has 2 unspecified atom stereocenters. The van der Waals surface area contributed by atoms with Gasteiger partial charge in [0, 0.05) is 0 Å². The lowest BCUT2D eigenvalue weighted by Crippen LogP contribution is -3.00. The summed E-state index contributed by atoms with van der Waals surface area (Å²) in [6.45, 7) is 0.886. The number of aliphatic hydroxyl groups is 1. The Hall–Kier alpha value is -1.32. The summed E-state index contributed by atoms with van der Waals surface area (Å²) in [5, 5.41) is 10.1. The second-order valence-corrected chi connectivity index (χ2v) is 5.44. The van der Waals surface area contributed by atoms with Crippen LogP contribution in [0, 0.1) is 0 Å². The van der Waals surface area contributed by atoms with E-state index in [1.54, 1.807) is 0 Å². The standard InChI is InChI=1S/C16H21N2O.ClH/c19-16-9-5-4-8-15(16)18-11-10-17(13-18)12-14-6-2-1-3-7-14;/h1-3,6-7,10-11,13,15-16,19H,4-5,8-9,12H2;1H/q+1;/p-1. The monoisotopic (exact) mass is 292 g/mol. The second-order valence-electron chi connectivity index (χ2n) is 5.44. The summed E-state index contributed by atoms with van der Waals surface area (Å²) in [5.74, 6) is 0. The van der Waals surface area contributed by atoms with Gasteiger partial charge in [-0.15, -0.1) is 0 Å². The van der Waals surface area contributed by atoms with E-state index in [1.807, 2.05) is 6.07 Å². The number of nitrogens with zero attached hydrogens (tertiary/aromatic N) is 2. The summed E-state index contributed by atoms with van der Waals surface area (Å²) in [4.78, 5) is 0. The van der Waals surface area contributed by atoms with Gasteiger partial charge in [-0.05, 0) is 24.8 Å². The van der Waals surface area contributed by atoms with E-state index in [4.69, 9.17) is 0 Å². The van der Waals surface area contributed by atoms with Gasteiger partial charge in [0.25, 0.3) is 0 Å². The topological polar surface area (TPSA) is 29.0 Å². The molecule has 1 saturated carbocycles. The van der Waals surface area contributed by atoms with E-state index in [9.17, 15) is 5.11 Å². The molecule has 0 saturated heterocycles. The van der Waals surface area contributed by atoms with Crippen LogP contribution in [0.3, 0.4) is 0 Å². The van der Waals surface area contributed by atoms with Gasteiger partial charge in [0.15, 0.2) is 0 Å². The number of benzene rings is 1. The van der Waals surface area contributed by atoms with Crippen molar-refractivity contribution >= 4 is 0 Å². The van der Waals surface area contributed by atoms with Crippen molar-refractivity contribution in [3.05, 3.63) is 54.6 Å². The molecule has 2 atom stereocenters. The van der Waals surface area contributed by atoms with Crippen LogP contribution in [-0.4, -0.2) is 15.8 Å². The zero-order valence-corrected chi connectivity index (χ0v) is 12.3. The molecule has 1 heterocycles. The molecule has 1 aromatic carbocycles. The fourth-order valence-corrected chi connectivity index (χ4v) is 2.93. The molecule has 1 aliphatic carbocycles. The van der Waals surface area contributed by atoms with E-state index in [-0.39, 0.29) is 24.6 Å². The van der Waals surface area contributed by atoms with Crippen LogP contribution < -0.4 is 17.0 Å². The first-order valence-corrected chi connectivity index (χ1v) is 7.11. The first kappa shape index (κ1) is 15.1. The van der Waals surface area contributed by atoms with Gasteiger partial charge >= 0.3 is 0 Å². The molecule has 108 valence electrons. The normalized spacial score (nSPS) is 22.2. The number of halogens is 1. The predicted octanol–water partition coefficient (Wildman–Crippen LogP) is -0.696. The lowest BCUT2D eigenvalue weighted by Gasteiger charge is -2.24. The maximum Gasteiger partial charge on any atom is 0.244 e. The molecule has 2 aromatic rings. The van der Waals surface area contributed by atoms with Gasteiger partial charge in [-0.1, -0.05) is 36.8 Å². The van der Waals surface area contributed by atoms with Gasteiger partial charge in [-0.2, -0.15) is 0 Å². The Kier molecular flexibility index (Phi) is 5.21. The third-order valence-corrected chi connectivity index (χ3v) is 4.00. The lowest BCUT2D eigenvalue weighted by atomic mass is 9.92. The third kappa shape index (κ3) is 3.41. The minimum atomic E-state index is -0.189. The minimum absolute atomic E-state index is 0. The van der Waals surface area contributed by atoms with E-state index in [1.165, 1.54) is 12.0 Å². The minimum Gasteiger partial charge on any atom is -1.00 e. The maximum atomic E-state index is 10.1. The van der Waals surface area contributed by atoms with Gasteiger partial charge in [0.1, 0.15) is 25.0 Å². The Bertz CT molecular complexity index is 526. The molecule has 0 bridgehead atoms. The van der Waals surface area contributed by atoms with E-state index in [2.05, 4.69) is 52.1 Å². The van der Waals surface area contributed by atoms with E-state index < -0.39 is 0 Å². The number of aromatic nitrogens is 2. The molecule has 3 rings (SSSR count). The first-order chi connectivity index (χ1) is 9.33. The fourth-order valence-electron chi connectivity index (χ4n) is 2.93. The zero-order chi connectivity index (χ0) is 13.1. The van der Waals surface area contributed by atoms with Crippen LogP contribution >= 0.6 is 0 Å². The number of hydrogen-bond donors (Lipinski definition) is 1. The number of aliphatic hydroxyl groups excluding tert-OH is 1. The SMILES string of the molecule is OC1CCCCC1n1cc[n+](Cc2ccccc2)c1.[Cl-]. The first-order valence-electron chi connectivity index (χ1n) is 7.11. The quantitative estimate of drug-likeness (QED) is 0.745. The summed E-state index contributed by atoms with van der Waals surface area (Å²) in [6.07, 6.45) is 10.5. The molecule has 3 nitrogen and oxygen atoms in total. The van der Waals surface area contributed by atoms with Gasteiger partial charge < -0.3 is 17.5 Å². The molecule has 1 N–H and O–H groups in total. The van der Waals surface area contributed by atoms with Gasteiger partial charge in [-0.25, -0.2) is 9.13 Å². The lowest BCUT2D eigenvalue weighted by molar-refractivity contribution is -0.688. The Labute approximate surface area is 126 Å². The number of hydrogen-bond acceptors (Lipinski definition) is 1. The van der Waals surface area contributed by atoms with E-state index >= 15 is 0 Å². The van der Waals surface area contributed by atoms with Gasteiger partial charge in [0.05, 0.1) is 6.10 Å². The number of rotatable bonds is 3. The van der Waals surface area contributed by atoms with Crippen LogP contribution in [0.1, 0.15) is 37.3 Å². The van der Waals surface area contributed by atoms with Gasteiger partial charge in [-0.3, -0.25) is 0 Å². The average Bonchev–Trinajstić information content (AvgIpc) is 2.89. The molecule has 0 aliphatic heterocycles. The fraction of sp³-hybridized carbons (Fsp3) is 0.438. The van der Waals surface area contributed by atoms with Crippen molar-refractivity contribution < 1.29 is 22.1 Å². The van der Waals surface area contributed by atoms with Crippen LogP contribution in [0.2, 0.25) is 0 Å². The van der Waals surface area contributed by atoms with Crippen LogP contribution in [0.4, 0.5) is 0 Å². The van der Waals surface area contributed by atoms with Crippen LogP contribution in [-0.2, 0) is 6.54 Å². The highest BCUT2D eigenvalue weighted by Crippen LogP contribution is 2.27. The molecule has 4 heteroatoms. The molecule has 0 amide bonds. The van der Waals surface area contributed by atoms with Crippen molar-refractivity contribution in [3.8, 4) is 0 Å². The summed E-state index contributed by atoms with van der Waals surface area (Å²) >= 11 is 0. The smallest absolute Gasteiger partial charge is 0.244 e. The Balaban J connectivity index is 0.00000147. The van der Waals surface area contributed by atoms with Crippen molar-refractivity contribution in [1.29, 1.82) is 0 Å². The summed E-state index contributed by atoms with van der Waals surface area (Å²) in [7, 11) is 0. The molecule has 0 radical (unpaired) electrons. The predicted molar refractivity (Wildman–Crippen MR) is 73.7 cm³/mol. The Morgan fingerprint density at radius 3 is 2.65 bits per heavy atom. The summed E-state index contributed by atoms with van der Waals surface area (Å²) < 4.78 is 4.35. The molecule has 1 fully saturated rings. The van der Waals surface area contributed by atoms with Crippen molar-refractivity contribution in [2.45, 2.75) is 44.4 Å². The Morgan fingerprint density at radius 1 is 1.15 bits per heavy atom. The second kappa shape index (κ2) is 6.91. The summed E-state index contributed by atoms with van der Waals surface area (Å²) in [6, 6.07) is 10.7. The largest absolute Gasteiger partial charge is 1.00 e. The van der Waals surface area contributed by atoms with Crippen LogP contribution in [0.15, 0.2) is 49.1 Å². The molecule has 0 spiro atoms. The van der Waals surface area contributed by atoms with Crippen molar-refractivity contribution in [2.24, 2.45) is 0 Å². The van der Waals surface area contributed by atoms with E-state index in [0.717, 1.165) is 25.8 Å². The van der Waals surface area contributed by atoms with Crippen LogP contribution in [0.5, 0.6) is 0 Å². The van der Waals surface area contributed by atoms with Crippen molar-refractivity contribution in [2.75, 3.05) is 0 Å². The molecular weight excluding hydrogens is 272 g/mol. The third-order valence-electron chi connectivity index (χ3n) is 4.00. The highest BCUT2D eigenvalue weighted by molar-refractivity contribution is 5.13. The molecule has 20 heavy (non-hydrogen) atoms. The zero-order valence-electron chi connectivity index (χ0n) is 11.5. The maximum absolute atomic E-state index is 10.1. The highest BCUT2D eigenvalue weighted by Gasteiger charge is 2.28. The summed E-state index contributed by atoms with van der Waals surface area (Å²) in [5.41, 5.74) is 1.30. The van der Waals surface area contributed by atoms with E-state index in [0.29, 0.717) is 0 Å². The molecular formula is C16H21ClN2O. The molecule has 1 aliphatic rings. The highest BCUT2D eigenvalue weighted by atomic mass is 35.5.